The minimum Gasteiger partial charge on any atom is -0.508 e. The molecule has 0 spiro atoms. The summed E-state index contributed by atoms with van der Waals surface area (Å²) in [6.07, 6.45) is 0. The molecule has 0 aliphatic rings. The summed E-state index contributed by atoms with van der Waals surface area (Å²) in [7, 11) is 0. The van der Waals surface area contributed by atoms with Gasteiger partial charge < -0.3 is 9.63 Å². The average Bonchev–Trinajstić information content (AvgIpc) is 2.89. The van der Waals surface area contributed by atoms with Crippen LogP contribution in [0.4, 0.5) is 0 Å². The molecular weight excluding hydrogens is 306 g/mol. The first-order chi connectivity index (χ1) is 9.22. The van der Waals surface area contributed by atoms with Crippen LogP contribution in [0.3, 0.4) is 0 Å². The fraction of sp³-hybridized carbons (Fsp3) is 0. The largest absolute Gasteiger partial charge is 0.508 e. The Morgan fingerprint density at radius 2 is 1.74 bits per heavy atom. The van der Waals surface area contributed by atoms with Crippen molar-refractivity contribution in [1.82, 2.24) is 5.16 Å². The third-order valence-electron chi connectivity index (χ3n) is 2.78. The molecule has 1 N–H and O–H groups in total. The standard InChI is InChI=1S/C15H10BrNO2/c16-12-3-1-2-11(8-12)15-9-14(17-19-15)10-4-6-13(18)7-5-10/h1-9,18H. The van der Waals surface area contributed by atoms with Gasteiger partial charge in [-0.3, -0.25) is 0 Å². The van der Waals surface area contributed by atoms with Crippen molar-refractivity contribution in [3.8, 4) is 28.3 Å². The fourth-order valence-electron chi connectivity index (χ4n) is 1.82. The number of aromatic nitrogens is 1. The first-order valence-corrected chi connectivity index (χ1v) is 6.54. The zero-order chi connectivity index (χ0) is 13.2. The molecule has 0 saturated carbocycles. The average molecular weight is 316 g/mol. The van der Waals surface area contributed by atoms with Crippen LogP contribution in [-0.2, 0) is 0 Å². The van der Waals surface area contributed by atoms with Crippen molar-refractivity contribution in [2.75, 3.05) is 0 Å². The number of aromatic hydroxyl groups is 1. The molecule has 0 amide bonds. The van der Waals surface area contributed by atoms with Crippen molar-refractivity contribution in [1.29, 1.82) is 0 Å². The summed E-state index contributed by atoms with van der Waals surface area (Å²) in [6.45, 7) is 0. The summed E-state index contributed by atoms with van der Waals surface area (Å²) < 4.78 is 6.35. The van der Waals surface area contributed by atoms with Gasteiger partial charge in [-0.2, -0.15) is 0 Å². The van der Waals surface area contributed by atoms with Crippen molar-refractivity contribution in [2.24, 2.45) is 0 Å². The van der Waals surface area contributed by atoms with E-state index in [1.807, 2.05) is 30.3 Å². The van der Waals surface area contributed by atoms with Gasteiger partial charge in [0.2, 0.25) is 0 Å². The van der Waals surface area contributed by atoms with Gasteiger partial charge in [-0.15, -0.1) is 0 Å². The van der Waals surface area contributed by atoms with Crippen LogP contribution < -0.4 is 0 Å². The molecule has 0 fully saturated rings. The fourth-order valence-corrected chi connectivity index (χ4v) is 2.22. The predicted molar refractivity (Wildman–Crippen MR) is 76.7 cm³/mol. The number of benzene rings is 2. The van der Waals surface area contributed by atoms with Gasteiger partial charge in [0.1, 0.15) is 11.4 Å². The lowest BCUT2D eigenvalue weighted by Crippen LogP contribution is -1.75. The number of halogens is 1. The molecule has 19 heavy (non-hydrogen) atoms. The Balaban J connectivity index is 1.97. The summed E-state index contributed by atoms with van der Waals surface area (Å²) in [5.41, 5.74) is 2.62. The van der Waals surface area contributed by atoms with E-state index in [2.05, 4.69) is 21.1 Å². The molecule has 3 rings (SSSR count). The highest BCUT2D eigenvalue weighted by atomic mass is 79.9. The van der Waals surface area contributed by atoms with E-state index in [9.17, 15) is 5.11 Å². The number of hydrogen-bond acceptors (Lipinski definition) is 3. The van der Waals surface area contributed by atoms with Gasteiger partial charge in [0.25, 0.3) is 0 Å². The van der Waals surface area contributed by atoms with E-state index in [1.54, 1.807) is 24.3 Å². The van der Waals surface area contributed by atoms with E-state index in [1.165, 1.54) is 0 Å². The zero-order valence-electron chi connectivity index (χ0n) is 9.88. The highest BCUT2D eigenvalue weighted by Gasteiger charge is 2.08. The molecule has 3 aromatic rings. The summed E-state index contributed by atoms with van der Waals surface area (Å²) in [4.78, 5) is 0. The number of hydrogen-bond donors (Lipinski definition) is 1. The topological polar surface area (TPSA) is 46.3 Å². The van der Waals surface area contributed by atoms with Gasteiger partial charge in [-0.25, -0.2) is 0 Å². The molecule has 0 radical (unpaired) electrons. The predicted octanol–water partition coefficient (Wildman–Crippen LogP) is 4.48. The van der Waals surface area contributed by atoms with Crippen LogP contribution in [-0.4, -0.2) is 10.3 Å². The van der Waals surface area contributed by atoms with Crippen molar-refractivity contribution in [3.05, 3.63) is 59.1 Å². The lowest BCUT2D eigenvalue weighted by Gasteiger charge is -1.95. The minimum atomic E-state index is 0.236. The Morgan fingerprint density at radius 3 is 2.47 bits per heavy atom. The van der Waals surface area contributed by atoms with Crippen molar-refractivity contribution in [3.63, 3.8) is 0 Å². The van der Waals surface area contributed by atoms with Crippen LogP contribution in [0.15, 0.2) is 63.6 Å². The molecule has 0 aliphatic heterocycles. The third-order valence-corrected chi connectivity index (χ3v) is 3.28. The number of phenols is 1. The Kier molecular flexibility index (Phi) is 3.09. The Bertz CT molecular complexity index is 704. The SMILES string of the molecule is Oc1ccc(-c2cc(-c3cccc(Br)c3)on2)cc1. The highest BCUT2D eigenvalue weighted by molar-refractivity contribution is 9.10. The molecule has 0 saturated heterocycles. The van der Waals surface area contributed by atoms with Crippen molar-refractivity contribution >= 4 is 15.9 Å². The van der Waals surface area contributed by atoms with E-state index in [0.29, 0.717) is 5.76 Å². The lowest BCUT2D eigenvalue weighted by atomic mass is 10.1. The lowest BCUT2D eigenvalue weighted by molar-refractivity contribution is 0.435. The van der Waals surface area contributed by atoms with Gasteiger partial charge in [0.15, 0.2) is 5.76 Å². The van der Waals surface area contributed by atoms with E-state index < -0.39 is 0 Å². The molecule has 1 heterocycles. The molecule has 0 unspecified atom stereocenters. The summed E-state index contributed by atoms with van der Waals surface area (Å²) >= 11 is 3.43. The van der Waals surface area contributed by atoms with Crippen molar-refractivity contribution < 1.29 is 9.63 Å². The molecular formula is C15H10BrNO2. The molecule has 2 aromatic carbocycles. The first kappa shape index (κ1) is 12.0. The quantitative estimate of drug-likeness (QED) is 0.758. The monoisotopic (exact) mass is 315 g/mol. The first-order valence-electron chi connectivity index (χ1n) is 5.74. The summed E-state index contributed by atoms with van der Waals surface area (Å²) in [5, 5.41) is 13.3. The summed E-state index contributed by atoms with van der Waals surface area (Å²) in [6, 6.07) is 16.6. The molecule has 0 bridgehead atoms. The van der Waals surface area contributed by atoms with Gasteiger partial charge in [0, 0.05) is 21.7 Å². The minimum absolute atomic E-state index is 0.236. The van der Waals surface area contributed by atoms with Crippen LogP contribution in [0.5, 0.6) is 5.75 Å². The number of rotatable bonds is 2. The van der Waals surface area contributed by atoms with E-state index in [0.717, 1.165) is 21.3 Å². The maximum atomic E-state index is 9.27. The number of nitrogens with zero attached hydrogens (tertiary/aromatic N) is 1. The van der Waals surface area contributed by atoms with Crippen LogP contribution in [0, 0.1) is 0 Å². The van der Waals surface area contributed by atoms with Crippen LogP contribution in [0.2, 0.25) is 0 Å². The summed E-state index contributed by atoms with van der Waals surface area (Å²) in [5.74, 6) is 0.948. The maximum absolute atomic E-state index is 9.27. The van der Waals surface area contributed by atoms with Crippen LogP contribution in [0.1, 0.15) is 0 Å². The zero-order valence-corrected chi connectivity index (χ0v) is 11.5. The molecule has 0 aliphatic carbocycles. The van der Waals surface area contributed by atoms with Gasteiger partial charge in [0.05, 0.1) is 0 Å². The normalized spacial score (nSPS) is 10.6. The Hall–Kier alpha value is -2.07. The molecule has 4 heteroatoms. The van der Waals surface area contributed by atoms with E-state index >= 15 is 0 Å². The van der Waals surface area contributed by atoms with Gasteiger partial charge >= 0.3 is 0 Å². The van der Waals surface area contributed by atoms with Crippen molar-refractivity contribution in [2.45, 2.75) is 0 Å². The second-order valence-electron chi connectivity index (χ2n) is 4.13. The van der Waals surface area contributed by atoms with Gasteiger partial charge in [-0.05, 0) is 36.4 Å². The maximum Gasteiger partial charge on any atom is 0.167 e. The molecule has 1 aromatic heterocycles. The second kappa shape index (κ2) is 4.90. The Labute approximate surface area is 118 Å². The van der Waals surface area contributed by atoms with Crippen LogP contribution in [0.25, 0.3) is 22.6 Å². The number of phenolic OH excluding ortho intramolecular Hbond substituents is 1. The van der Waals surface area contributed by atoms with Crippen LogP contribution >= 0.6 is 15.9 Å². The second-order valence-corrected chi connectivity index (χ2v) is 5.05. The Morgan fingerprint density at radius 1 is 0.947 bits per heavy atom. The smallest absolute Gasteiger partial charge is 0.167 e. The third kappa shape index (κ3) is 2.53. The molecule has 0 atom stereocenters. The highest BCUT2D eigenvalue weighted by Crippen LogP contribution is 2.28. The van der Waals surface area contributed by atoms with E-state index in [4.69, 9.17) is 4.52 Å². The molecule has 3 nitrogen and oxygen atoms in total. The molecule has 94 valence electrons. The van der Waals surface area contributed by atoms with E-state index in [-0.39, 0.29) is 5.75 Å². The van der Waals surface area contributed by atoms with Gasteiger partial charge in [-0.1, -0.05) is 33.2 Å².